The average molecular weight is 619 g/mol. The Morgan fingerprint density at radius 3 is 2.09 bits per heavy atom. The third-order valence-corrected chi connectivity index (χ3v) is 9.00. The number of imidazole rings is 2. The van der Waals surface area contributed by atoms with Gasteiger partial charge in [0, 0.05) is 65.1 Å². The van der Waals surface area contributed by atoms with Crippen LogP contribution in [0, 0.1) is 10.8 Å². The zero-order valence-electron chi connectivity index (χ0n) is 27.6. The van der Waals surface area contributed by atoms with Crippen LogP contribution >= 0.6 is 0 Å². The third-order valence-electron chi connectivity index (χ3n) is 9.00. The van der Waals surface area contributed by atoms with E-state index in [1.165, 1.54) is 10.5 Å². The molecule has 2 fully saturated rings. The van der Waals surface area contributed by atoms with E-state index in [0.717, 1.165) is 69.2 Å². The molecule has 2 saturated heterocycles. The maximum atomic E-state index is 13.4. The van der Waals surface area contributed by atoms with Crippen molar-refractivity contribution in [2.45, 2.75) is 72.3 Å². The van der Waals surface area contributed by atoms with Gasteiger partial charge in [-0.2, -0.15) is 0 Å². The van der Waals surface area contributed by atoms with Crippen LogP contribution in [0.5, 0.6) is 0 Å². The molecule has 0 radical (unpaired) electrons. The molecule has 1 spiro atoms. The molecule has 244 valence electrons. The normalized spacial score (nSPS) is 18.9. The van der Waals surface area contributed by atoms with E-state index in [-0.39, 0.29) is 35.4 Å². The molecule has 1 amide bonds. The first-order valence-electron chi connectivity index (χ1n) is 16.1. The number of H-pyrrole nitrogens is 2. The number of esters is 1. The first-order chi connectivity index (χ1) is 21.5. The third kappa shape index (κ3) is 9.24. The minimum atomic E-state index is -0.356. The molecular formula is C34H50N8O3. The summed E-state index contributed by atoms with van der Waals surface area (Å²) in [5.41, 5.74) is 2.70. The molecule has 0 bridgehead atoms. The van der Waals surface area contributed by atoms with Gasteiger partial charge in [0.1, 0.15) is 17.7 Å². The van der Waals surface area contributed by atoms with Crippen molar-refractivity contribution in [2.75, 3.05) is 46.9 Å². The Morgan fingerprint density at radius 2 is 1.56 bits per heavy atom. The van der Waals surface area contributed by atoms with Crippen LogP contribution < -0.4 is 0 Å². The maximum absolute atomic E-state index is 13.4. The van der Waals surface area contributed by atoms with Crippen molar-refractivity contribution in [3.8, 4) is 0 Å². The SMILES string of the molecule is CN(C)C(=O)COC(=O)[C@@H]1CC2(CCN(CC(C)(C)C)CC2)CN1Cc1ccc(CN(Cc2ncc[nH]2)Cc2ncc[nH]2)cc1. The van der Waals surface area contributed by atoms with Crippen LogP contribution in [0.2, 0.25) is 0 Å². The van der Waals surface area contributed by atoms with Crippen molar-refractivity contribution < 1.29 is 14.3 Å². The van der Waals surface area contributed by atoms with Crippen molar-refractivity contribution >= 4 is 11.9 Å². The molecule has 0 saturated carbocycles. The summed E-state index contributed by atoms with van der Waals surface area (Å²) >= 11 is 0. The maximum Gasteiger partial charge on any atom is 0.323 e. The average Bonchev–Trinajstić information content (AvgIpc) is 3.76. The highest BCUT2D eigenvalue weighted by atomic mass is 16.5. The number of hydrogen-bond donors (Lipinski definition) is 2. The molecule has 4 heterocycles. The van der Waals surface area contributed by atoms with Crippen LogP contribution in [0.25, 0.3) is 0 Å². The summed E-state index contributed by atoms with van der Waals surface area (Å²) in [6, 6.07) is 8.33. The van der Waals surface area contributed by atoms with Crippen LogP contribution in [0.1, 0.15) is 62.8 Å². The summed E-state index contributed by atoms with van der Waals surface area (Å²) in [5, 5.41) is 0. The summed E-state index contributed by atoms with van der Waals surface area (Å²) < 4.78 is 5.58. The summed E-state index contributed by atoms with van der Waals surface area (Å²) in [5.74, 6) is 1.33. The van der Waals surface area contributed by atoms with E-state index in [2.05, 4.69) is 79.7 Å². The number of nitrogens with one attached hydrogen (secondary N) is 2. The number of ether oxygens (including phenoxy) is 1. The largest absolute Gasteiger partial charge is 0.454 e. The predicted octanol–water partition coefficient (Wildman–Crippen LogP) is 3.67. The smallest absolute Gasteiger partial charge is 0.323 e. The van der Waals surface area contributed by atoms with Gasteiger partial charge < -0.3 is 24.5 Å². The molecule has 5 rings (SSSR count). The van der Waals surface area contributed by atoms with Crippen molar-refractivity contribution in [3.63, 3.8) is 0 Å². The highest BCUT2D eigenvalue weighted by Crippen LogP contribution is 2.44. The number of likely N-dealkylation sites (tertiary alicyclic amines) is 2. The van der Waals surface area contributed by atoms with E-state index in [1.54, 1.807) is 26.5 Å². The second-order valence-electron chi connectivity index (χ2n) is 14.4. The van der Waals surface area contributed by atoms with Gasteiger partial charge in [0.15, 0.2) is 6.61 Å². The van der Waals surface area contributed by atoms with Crippen molar-refractivity contribution in [3.05, 3.63) is 71.8 Å². The summed E-state index contributed by atoms with van der Waals surface area (Å²) in [6.07, 6.45) is 10.1. The highest BCUT2D eigenvalue weighted by molar-refractivity contribution is 5.82. The van der Waals surface area contributed by atoms with Gasteiger partial charge in [0.05, 0.1) is 13.1 Å². The lowest BCUT2D eigenvalue weighted by atomic mass is 9.76. The van der Waals surface area contributed by atoms with Gasteiger partial charge in [0.25, 0.3) is 5.91 Å². The monoisotopic (exact) mass is 618 g/mol. The van der Waals surface area contributed by atoms with Gasteiger partial charge in [-0.05, 0) is 54.3 Å². The van der Waals surface area contributed by atoms with Gasteiger partial charge >= 0.3 is 5.97 Å². The van der Waals surface area contributed by atoms with E-state index < -0.39 is 0 Å². The van der Waals surface area contributed by atoms with Crippen molar-refractivity contribution in [1.82, 2.24) is 39.5 Å². The van der Waals surface area contributed by atoms with Crippen molar-refractivity contribution in [2.24, 2.45) is 10.8 Å². The number of aromatic nitrogens is 4. The van der Waals surface area contributed by atoms with Crippen LogP contribution in [0.3, 0.4) is 0 Å². The first-order valence-corrected chi connectivity index (χ1v) is 16.1. The van der Waals surface area contributed by atoms with Crippen LogP contribution in [-0.4, -0.2) is 104 Å². The zero-order chi connectivity index (χ0) is 32.0. The molecule has 11 nitrogen and oxygen atoms in total. The lowest BCUT2D eigenvalue weighted by Gasteiger charge is -2.41. The second kappa shape index (κ2) is 14.3. The Kier molecular flexibility index (Phi) is 10.4. The Bertz CT molecular complexity index is 1320. The Hall–Kier alpha value is -3.54. The Morgan fingerprint density at radius 1 is 0.956 bits per heavy atom. The molecule has 45 heavy (non-hydrogen) atoms. The number of hydrogen-bond acceptors (Lipinski definition) is 8. The highest BCUT2D eigenvalue weighted by Gasteiger charge is 2.48. The quantitative estimate of drug-likeness (QED) is 0.296. The number of nitrogens with zero attached hydrogens (tertiary/aromatic N) is 6. The van der Waals surface area contributed by atoms with Crippen LogP contribution in [-0.2, 0) is 40.5 Å². The molecular weight excluding hydrogens is 568 g/mol. The number of benzene rings is 1. The number of carbonyl (C=O) groups excluding carboxylic acids is 2. The number of amides is 1. The van der Waals surface area contributed by atoms with E-state index in [9.17, 15) is 9.59 Å². The minimum absolute atomic E-state index is 0.0851. The molecule has 2 aliphatic rings. The minimum Gasteiger partial charge on any atom is -0.454 e. The van der Waals surface area contributed by atoms with Gasteiger partial charge in [-0.25, -0.2) is 9.97 Å². The van der Waals surface area contributed by atoms with Gasteiger partial charge in [-0.3, -0.25) is 19.4 Å². The Labute approximate surface area is 267 Å². The second-order valence-corrected chi connectivity index (χ2v) is 14.4. The topological polar surface area (TPSA) is 114 Å². The summed E-state index contributed by atoms with van der Waals surface area (Å²) in [7, 11) is 3.35. The van der Waals surface area contributed by atoms with Crippen molar-refractivity contribution in [1.29, 1.82) is 0 Å². The number of aromatic amines is 2. The zero-order valence-corrected chi connectivity index (χ0v) is 27.6. The van der Waals surface area contributed by atoms with E-state index >= 15 is 0 Å². The number of likely N-dealkylation sites (N-methyl/N-ethyl adjacent to an activating group) is 1. The molecule has 2 aliphatic heterocycles. The number of carbonyl (C=O) groups is 2. The predicted molar refractivity (Wildman–Crippen MR) is 173 cm³/mol. The molecule has 2 N–H and O–H groups in total. The summed E-state index contributed by atoms with van der Waals surface area (Å²) in [6.45, 7) is 13.5. The van der Waals surface area contributed by atoms with Gasteiger partial charge in [0.2, 0.25) is 0 Å². The lowest BCUT2D eigenvalue weighted by molar-refractivity contribution is -0.155. The molecule has 0 unspecified atom stereocenters. The van der Waals surface area contributed by atoms with E-state index in [4.69, 9.17) is 4.74 Å². The fourth-order valence-corrected chi connectivity index (χ4v) is 6.72. The molecule has 2 aromatic heterocycles. The Balaban J connectivity index is 1.25. The fourth-order valence-electron chi connectivity index (χ4n) is 6.72. The first kappa shape index (κ1) is 32.8. The molecule has 1 aromatic carbocycles. The molecule has 3 aromatic rings. The van der Waals surface area contributed by atoms with Gasteiger partial charge in [-0.1, -0.05) is 45.0 Å². The molecule has 1 atom stereocenters. The number of piperidine rings is 1. The standard InChI is InChI=1S/C34H50N8O3/c1-33(2,3)24-40-16-10-34(11-17-40)18-28(32(44)45-23-31(43)39(4)5)42(25-34)20-27-8-6-26(7-9-27)19-41(21-29-35-12-13-36-29)22-30-37-14-15-38-30/h6-9,12-15,28H,10-11,16-25H2,1-5H3,(H,35,36)(H,37,38)/t28-/m0/s1. The molecule has 11 heteroatoms. The molecule has 0 aliphatic carbocycles. The van der Waals surface area contributed by atoms with E-state index in [0.29, 0.717) is 19.6 Å². The summed E-state index contributed by atoms with van der Waals surface area (Å²) in [4.78, 5) is 49.4. The van der Waals surface area contributed by atoms with Crippen LogP contribution in [0.15, 0.2) is 49.1 Å². The number of rotatable bonds is 12. The van der Waals surface area contributed by atoms with Crippen LogP contribution in [0.4, 0.5) is 0 Å². The van der Waals surface area contributed by atoms with Gasteiger partial charge in [-0.15, -0.1) is 0 Å². The van der Waals surface area contributed by atoms with E-state index in [1.807, 2.05) is 12.4 Å². The fraction of sp³-hybridized carbons (Fsp3) is 0.588. The lowest BCUT2D eigenvalue weighted by Crippen LogP contribution is -2.44.